The fourth-order valence-corrected chi connectivity index (χ4v) is 3.76. The van der Waals surface area contributed by atoms with E-state index in [0.29, 0.717) is 16.6 Å². The van der Waals surface area contributed by atoms with Crippen LogP contribution < -0.4 is 10.6 Å². The maximum absolute atomic E-state index is 12.9. The number of hydrogen-bond acceptors (Lipinski definition) is 6. The van der Waals surface area contributed by atoms with E-state index in [-0.39, 0.29) is 36.7 Å². The predicted molar refractivity (Wildman–Crippen MR) is 115 cm³/mol. The summed E-state index contributed by atoms with van der Waals surface area (Å²) in [5.74, 6) is -0.326. The molecule has 8 nitrogen and oxygen atoms in total. The van der Waals surface area contributed by atoms with Gasteiger partial charge in [0.1, 0.15) is 0 Å². The molecule has 0 atom stereocenters. The number of pyridine rings is 1. The van der Waals surface area contributed by atoms with Gasteiger partial charge >= 0.3 is 0 Å². The van der Waals surface area contributed by atoms with E-state index in [9.17, 15) is 9.59 Å². The molecule has 30 heavy (non-hydrogen) atoms. The number of hydrogen-bond donors (Lipinski definition) is 2. The second-order valence-corrected chi connectivity index (χ2v) is 7.89. The lowest BCUT2D eigenvalue weighted by molar-refractivity contribution is 0.0911. The SMILES string of the molecule is CC(C)n1ncc2c(C(=O)NCCNC(=O)c3ccco3)cc(-c3cccs3)nc21. The summed E-state index contributed by atoms with van der Waals surface area (Å²) in [5.41, 5.74) is 1.91. The summed E-state index contributed by atoms with van der Waals surface area (Å²) >= 11 is 1.56. The van der Waals surface area contributed by atoms with Gasteiger partial charge in [0.2, 0.25) is 0 Å². The zero-order valence-electron chi connectivity index (χ0n) is 16.6. The number of carbonyl (C=O) groups is 2. The maximum atomic E-state index is 12.9. The molecule has 0 saturated heterocycles. The van der Waals surface area contributed by atoms with Crippen molar-refractivity contribution >= 4 is 34.2 Å². The smallest absolute Gasteiger partial charge is 0.287 e. The Morgan fingerprint density at radius 1 is 1.17 bits per heavy atom. The van der Waals surface area contributed by atoms with Crippen molar-refractivity contribution in [3.05, 3.63) is 59.5 Å². The summed E-state index contributed by atoms with van der Waals surface area (Å²) < 4.78 is 6.86. The Morgan fingerprint density at radius 3 is 2.63 bits per heavy atom. The van der Waals surface area contributed by atoms with Crippen molar-refractivity contribution in [1.29, 1.82) is 0 Å². The second kappa shape index (κ2) is 8.50. The summed E-state index contributed by atoms with van der Waals surface area (Å²) in [4.78, 5) is 30.6. The average molecular weight is 423 g/mol. The van der Waals surface area contributed by atoms with Crippen LogP contribution in [0.1, 0.15) is 40.8 Å². The number of fused-ring (bicyclic) bond motifs is 1. The lowest BCUT2D eigenvalue weighted by Gasteiger charge is -2.10. The molecular formula is C21H21N5O3S. The Kier molecular flexibility index (Phi) is 5.62. The molecule has 0 unspecified atom stereocenters. The van der Waals surface area contributed by atoms with E-state index in [2.05, 4.69) is 15.7 Å². The molecule has 0 aromatic carbocycles. The number of nitrogens with one attached hydrogen (secondary N) is 2. The summed E-state index contributed by atoms with van der Waals surface area (Å²) in [6, 6.07) is 9.06. The van der Waals surface area contributed by atoms with Gasteiger partial charge in [0.15, 0.2) is 11.4 Å². The monoisotopic (exact) mass is 423 g/mol. The molecule has 0 bridgehead atoms. The lowest BCUT2D eigenvalue weighted by atomic mass is 10.1. The summed E-state index contributed by atoms with van der Waals surface area (Å²) in [6.07, 6.45) is 3.11. The molecule has 0 aliphatic carbocycles. The molecule has 4 aromatic heterocycles. The van der Waals surface area contributed by atoms with E-state index in [1.807, 2.05) is 36.0 Å². The quantitative estimate of drug-likeness (QED) is 0.443. The lowest BCUT2D eigenvalue weighted by Crippen LogP contribution is -2.34. The molecule has 154 valence electrons. The van der Waals surface area contributed by atoms with Crippen LogP contribution in [-0.2, 0) is 0 Å². The van der Waals surface area contributed by atoms with E-state index < -0.39 is 0 Å². The Labute approximate surface area is 176 Å². The molecule has 9 heteroatoms. The van der Waals surface area contributed by atoms with E-state index in [1.165, 1.54) is 6.26 Å². The normalized spacial score (nSPS) is 11.2. The van der Waals surface area contributed by atoms with Gasteiger partial charge in [-0.25, -0.2) is 9.67 Å². The standard InChI is InChI=1S/C21H21N5O3S/c1-13(2)26-19-15(12-24-26)14(11-16(25-19)18-6-4-10-30-18)20(27)22-7-8-23-21(28)17-5-3-9-29-17/h3-6,9-13H,7-8H2,1-2H3,(H,22,27)(H,23,28). The highest BCUT2D eigenvalue weighted by atomic mass is 32.1. The first-order chi connectivity index (χ1) is 14.5. The highest BCUT2D eigenvalue weighted by Crippen LogP contribution is 2.28. The van der Waals surface area contributed by atoms with Crippen LogP contribution in [0, 0.1) is 0 Å². The van der Waals surface area contributed by atoms with Crippen LogP contribution in [0.15, 0.2) is 52.6 Å². The van der Waals surface area contributed by atoms with Crippen molar-refractivity contribution in [1.82, 2.24) is 25.4 Å². The van der Waals surface area contributed by atoms with Gasteiger partial charge in [0.05, 0.1) is 34.0 Å². The number of nitrogens with zero attached hydrogens (tertiary/aromatic N) is 3. The zero-order valence-corrected chi connectivity index (χ0v) is 17.4. The molecule has 0 aliphatic rings. The van der Waals surface area contributed by atoms with Gasteiger partial charge in [-0.1, -0.05) is 6.07 Å². The van der Waals surface area contributed by atoms with Crippen molar-refractivity contribution in [2.24, 2.45) is 0 Å². The third-order valence-electron chi connectivity index (χ3n) is 4.52. The summed E-state index contributed by atoms with van der Waals surface area (Å²) in [7, 11) is 0. The second-order valence-electron chi connectivity index (χ2n) is 6.94. The maximum Gasteiger partial charge on any atom is 0.287 e. The van der Waals surface area contributed by atoms with Crippen molar-refractivity contribution < 1.29 is 14.0 Å². The molecule has 2 N–H and O–H groups in total. The molecule has 4 rings (SSSR count). The van der Waals surface area contributed by atoms with Gasteiger partial charge in [0.25, 0.3) is 11.8 Å². The Morgan fingerprint density at radius 2 is 1.97 bits per heavy atom. The van der Waals surface area contributed by atoms with Crippen LogP contribution >= 0.6 is 11.3 Å². The fraction of sp³-hybridized carbons (Fsp3) is 0.238. The number of furan rings is 1. The molecule has 4 aromatic rings. The number of amides is 2. The van der Waals surface area contributed by atoms with Gasteiger partial charge in [-0.2, -0.15) is 5.10 Å². The summed E-state index contributed by atoms with van der Waals surface area (Å²) in [5, 5.41) is 12.7. The van der Waals surface area contributed by atoms with Crippen LogP contribution in [0.25, 0.3) is 21.6 Å². The van der Waals surface area contributed by atoms with Crippen LogP contribution in [0.3, 0.4) is 0 Å². The first-order valence-corrected chi connectivity index (χ1v) is 10.4. The molecule has 0 radical (unpaired) electrons. The van der Waals surface area contributed by atoms with E-state index >= 15 is 0 Å². The van der Waals surface area contributed by atoms with Crippen LogP contribution in [0.2, 0.25) is 0 Å². The number of aromatic nitrogens is 3. The minimum absolute atomic E-state index is 0.112. The molecular weight excluding hydrogens is 402 g/mol. The molecule has 2 amide bonds. The fourth-order valence-electron chi connectivity index (χ4n) is 3.08. The first-order valence-electron chi connectivity index (χ1n) is 9.56. The topological polar surface area (TPSA) is 102 Å². The van der Waals surface area contributed by atoms with Crippen molar-refractivity contribution in [3.63, 3.8) is 0 Å². The minimum Gasteiger partial charge on any atom is -0.459 e. The Balaban J connectivity index is 1.53. The average Bonchev–Trinajstić information content (AvgIpc) is 3.50. The largest absolute Gasteiger partial charge is 0.459 e. The summed E-state index contributed by atoms with van der Waals surface area (Å²) in [6.45, 7) is 4.60. The van der Waals surface area contributed by atoms with Gasteiger partial charge in [-0.15, -0.1) is 11.3 Å². The molecule has 0 saturated carbocycles. The third kappa shape index (κ3) is 3.97. The Hall–Kier alpha value is -3.46. The van der Waals surface area contributed by atoms with Crippen molar-refractivity contribution in [2.75, 3.05) is 13.1 Å². The van der Waals surface area contributed by atoms with Gasteiger partial charge in [0, 0.05) is 19.1 Å². The van der Waals surface area contributed by atoms with E-state index in [0.717, 1.165) is 10.6 Å². The number of rotatable bonds is 7. The third-order valence-corrected chi connectivity index (χ3v) is 5.41. The van der Waals surface area contributed by atoms with Gasteiger partial charge in [-0.05, 0) is 43.5 Å². The minimum atomic E-state index is -0.321. The van der Waals surface area contributed by atoms with Crippen molar-refractivity contribution in [3.8, 4) is 10.6 Å². The van der Waals surface area contributed by atoms with Crippen LogP contribution in [0.4, 0.5) is 0 Å². The van der Waals surface area contributed by atoms with Crippen molar-refractivity contribution in [2.45, 2.75) is 19.9 Å². The number of thiophene rings is 1. The predicted octanol–water partition coefficient (Wildman–Crippen LogP) is 3.49. The van der Waals surface area contributed by atoms with Crippen LogP contribution in [0.5, 0.6) is 0 Å². The zero-order chi connectivity index (χ0) is 21.1. The molecule has 0 aliphatic heterocycles. The van der Waals surface area contributed by atoms with Gasteiger partial charge in [-0.3, -0.25) is 9.59 Å². The molecule has 4 heterocycles. The Bertz CT molecular complexity index is 1160. The molecule has 0 fully saturated rings. The molecule has 0 spiro atoms. The highest BCUT2D eigenvalue weighted by Gasteiger charge is 2.19. The van der Waals surface area contributed by atoms with Gasteiger partial charge < -0.3 is 15.1 Å². The number of carbonyl (C=O) groups excluding carboxylic acids is 2. The first kappa shape index (κ1) is 19.8. The highest BCUT2D eigenvalue weighted by molar-refractivity contribution is 7.13. The van der Waals surface area contributed by atoms with E-state index in [1.54, 1.807) is 35.7 Å². The van der Waals surface area contributed by atoms with E-state index in [4.69, 9.17) is 9.40 Å². The van der Waals surface area contributed by atoms with Crippen LogP contribution in [-0.4, -0.2) is 39.7 Å².